The first kappa shape index (κ1) is 9.17. The van der Waals surface area contributed by atoms with Crippen molar-refractivity contribution in [1.82, 2.24) is 10.2 Å². The molecule has 3 unspecified atom stereocenters. The van der Waals surface area contributed by atoms with Gasteiger partial charge in [-0.1, -0.05) is 6.42 Å². The van der Waals surface area contributed by atoms with Gasteiger partial charge in [-0.25, -0.2) is 0 Å². The van der Waals surface area contributed by atoms with Crippen LogP contribution in [0.15, 0.2) is 0 Å². The van der Waals surface area contributed by atoms with Crippen molar-refractivity contribution in [3.63, 3.8) is 0 Å². The standard InChI is InChI=1S/C12H22N2/c1-14(12-6-13-7-12)8-11-5-9-2-3-10(11)4-9/h9-13H,2-8H2,1H3. The van der Waals surface area contributed by atoms with Gasteiger partial charge in [-0.15, -0.1) is 0 Å². The SMILES string of the molecule is CN(CC1CC2CCC1C2)C1CNC1. The first-order valence-corrected chi connectivity index (χ1v) is 6.24. The van der Waals surface area contributed by atoms with E-state index >= 15 is 0 Å². The Morgan fingerprint density at radius 2 is 2.07 bits per heavy atom. The summed E-state index contributed by atoms with van der Waals surface area (Å²) in [4.78, 5) is 2.60. The topological polar surface area (TPSA) is 15.3 Å². The highest BCUT2D eigenvalue weighted by atomic mass is 15.2. The Morgan fingerprint density at radius 3 is 2.57 bits per heavy atom. The molecule has 3 atom stereocenters. The van der Waals surface area contributed by atoms with E-state index in [9.17, 15) is 0 Å². The molecule has 1 aliphatic heterocycles. The minimum absolute atomic E-state index is 0.842. The Labute approximate surface area is 87.0 Å². The van der Waals surface area contributed by atoms with Gasteiger partial charge in [-0.05, 0) is 44.1 Å². The average molecular weight is 194 g/mol. The van der Waals surface area contributed by atoms with E-state index in [0.29, 0.717) is 0 Å². The van der Waals surface area contributed by atoms with Crippen LogP contribution in [0, 0.1) is 17.8 Å². The van der Waals surface area contributed by atoms with Crippen LogP contribution >= 0.6 is 0 Å². The van der Waals surface area contributed by atoms with Crippen LogP contribution in [0.4, 0.5) is 0 Å². The highest BCUT2D eigenvalue weighted by Gasteiger charge is 2.40. The molecule has 1 N–H and O–H groups in total. The van der Waals surface area contributed by atoms with E-state index in [4.69, 9.17) is 0 Å². The van der Waals surface area contributed by atoms with Gasteiger partial charge in [0.1, 0.15) is 0 Å². The van der Waals surface area contributed by atoms with Crippen LogP contribution in [0.2, 0.25) is 0 Å². The molecule has 0 aromatic carbocycles. The van der Waals surface area contributed by atoms with Gasteiger partial charge in [-0.2, -0.15) is 0 Å². The molecule has 14 heavy (non-hydrogen) atoms. The van der Waals surface area contributed by atoms with Crippen LogP contribution in [-0.2, 0) is 0 Å². The van der Waals surface area contributed by atoms with E-state index in [-0.39, 0.29) is 0 Å². The van der Waals surface area contributed by atoms with Crippen LogP contribution in [0.25, 0.3) is 0 Å². The minimum Gasteiger partial charge on any atom is -0.314 e. The molecule has 80 valence electrons. The first-order chi connectivity index (χ1) is 6.83. The Balaban J connectivity index is 1.52. The summed E-state index contributed by atoms with van der Waals surface area (Å²) in [6.07, 6.45) is 6.17. The monoisotopic (exact) mass is 194 g/mol. The highest BCUT2D eigenvalue weighted by molar-refractivity contribution is 4.92. The molecule has 0 spiro atoms. The van der Waals surface area contributed by atoms with Gasteiger partial charge < -0.3 is 10.2 Å². The second-order valence-corrected chi connectivity index (χ2v) is 5.69. The zero-order chi connectivity index (χ0) is 9.54. The number of hydrogen-bond donors (Lipinski definition) is 1. The number of nitrogens with zero attached hydrogens (tertiary/aromatic N) is 1. The van der Waals surface area contributed by atoms with E-state index in [1.54, 1.807) is 6.42 Å². The Bertz CT molecular complexity index is 212. The van der Waals surface area contributed by atoms with E-state index < -0.39 is 0 Å². The van der Waals surface area contributed by atoms with Crippen molar-refractivity contribution in [1.29, 1.82) is 0 Å². The molecule has 2 nitrogen and oxygen atoms in total. The molecule has 1 saturated heterocycles. The van der Waals surface area contributed by atoms with E-state index in [2.05, 4.69) is 17.3 Å². The molecule has 2 aliphatic carbocycles. The lowest BCUT2D eigenvalue weighted by Gasteiger charge is -2.38. The summed E-state index contributed by atoms with van der Waals surface area (Å²) in [5.41, 5.74) is 0. The third kappa shape index (κ3) is 1.49. The molecule has 0 amide bonds. The lowest BCUT2D eigenvalue weighted by Crippen LogP contribution is -2.56. The third-order valence-electron chi connectivity index (χ3n) is 4.79. The van der Waals surface area contributed by atoms with Crippen molar-refractivity contribution in [2.75, 3.05) is 26.7 Å². The summed E-state index contributed by atoms with van der Waals surface area (Å²) >= 11 is 0. The van der Waals surface area contributed by atoms with Gasteiger partial charge in [0.05, 0.1) is 0 Å². The maximum absolute atomic E-state index is 3.36. The maximum Gasteiger partial charge on any atom is 0.0342 e. The van der Waals surface area contributed by atoms with Gasteiger partial charge in [0, 0.05) is 25.7 Å². The van der Waals surface area contributed by atoms with Crippen molar-refractivity contribution in [2.24, 2.45) is 17.8 Å². The molecule has 2 saturated carbocycles. The van der Waals surface area contributed by atoms with Crippen LogP contribution in [0.3, 0.4) is 0 Å². The fourth-order valence-electron chi connectivity index (χ4n) is 3.70. The molecule has 3 aliphatic rings. The lowest BCUT2D eigenvalue weighted by atomic mass is 9.88. The average Bonchev–Trinajstić information content (AvgIpc) is 2.60. The quantitative estimate of drug-likeness (QED) is 0.729. The number of hydrogen-bond acceptors (Lipinski definition) is 2. The lowest BCUT2D eigenvalue weighted by molar-refractivity contribution is 0.135. The van der Waals surface area contributed by atoms with Gasteiger partial charge >= 0.3 is 0 Å². The van der Waals surface area contributed by atoms with Crippen LogP contribution in [-0.4, -0.2) is 37.6 Å². The predicted octanol–water partition coefficient (Wildman–Crippen LogP) is 1.33. The van der Waals surface area contributed by atoms with E-state index in [0.717, 1.165) is 23.8 Å². The molecular formula is C12H22N2. The van der Waals surface area contributed by atoms with Crippen molar-refractivity contribution < 1.29 is 0 Å². The summed E-state index contributed by atoms with van der Waals surface area (Å²) in [6, 6.07) is 0.842. The number of likely N-dealkylation sites (N-methyl/N-ethyl adjacent to an activating group) is 1. The number of fused-ring (bicyclic) bond motifs is 2. The second-order valence-electron chi connectivity index (χ2n) is 5.69. The smallest absolute Gasteiger partial charge is 0.0342 e. The van der Waals surface area contributed by atoms with Gasteiger partial charge in [-0.3, -0.25) is 0 Å². The van der Waals surface area contributed by atoms with Gasteiger partial charge in [0.25, 0.3) is 0 Å². The fraction of sp³-hybridized carbons (Fsp3) is 1.00. The summed E-state index contributed by atoms with van der Waals surface area (Å²) in [6.45, 7) is 3.81. The zero-order valence-electron chi connectivity index (χ0n) is 9.21. The largest absolute Gasteiger partial charge is 0.314 e. The van der Waals surface area contributed by atoms with Crippen molar-refractivity contribution >= 4 is 0 Å². The van der Waals surface area contributed by atoms with Gasteiger partial charge in [0.15, 0.2) is 0 Å². The molecule has 3 fully saturated rings. The number of rotatable bonds is 3. The van der Waals surface area contributed by atoms with Crippen LogP contribution < -0.4 is 5.32 Å². The molecular weight excluding hydrogens is 172 g/mol. The highest BCUT2D eigenvalue weighted by Crippen LogP contribution is 2.48. The van der Waals surface area contributed by atoms with Crippen molar-refractivity contribution in [2.45, 2.75) is 31.7 Å². The normalized spacial score (nSPS) is 42.0. The Kier molecular flexibility index (Phi) is 2.29. The summed E-state index contributed by atoms with van der Waals surface area (Å²) in [5, 5.41) is 3.36. The molecule has 2 bridgehead atoms. The molecule has 1 heterocycles. The zero-order valence-corrected chi connectivity index (χ0v) is 9.21. The molecule has 3 rings (SSSR count). The first-order valence-electron chi connectivity index (χ1n) is 6.24. The molecule has 0 aromatic heterocycles. The summed E-state index contributed by atoms with van der Waals surface area (Å²) < 4.78 is 0. The van der Waals surface area contributed by atoms with E-state index in [1.165, 1.54) is 38.9 Å². The Hall–Kier alpha value is -0.0800. The third-order valence-corrected chi connectivity index (χ3v) is 4.79. The van der Waals surface area contributed by atoms with Crippen LogP contribution in [0.1, 0.15) is 25.7 Å². The molecule has 0 aromatic rings. The van der Waals surface area contributed by atoms with Gasteiger partial charge in [0.2, 0.25) is 0 Å². The van der Waals surface area contributed by atoms with E-state index in [1.807, 2.05) is 0 Å². The second kappa shape index (κ2) is 3.49. The molecule has 0 radical (unpaired) electrons. The minimum atomic E-state index is 0.842. The van der Waals surface area contributed by atoms with Crippen molar-refractivity contribution in [3.05, 3.63) is 0 Å². The fourth-order valence-corrected chi connectivity index (χ4v) is 3.70. The maximum atomic E-state index is 3.36. The predicted molar refractivity (Wildman–Crippen MR) is 58.2 cm³/mol. The van der Waals surface area contributed by atoms with Crippen molar-refractivity contribution in [3.8, 4) is 0 Å². The molecule has 2 heteroatoms. The number of nitrogens with one attached hydrogen (secondary N) is 1. The summed E-state index contributed by atoms with van der Waals surface area (Å²) in [5.74, 6) is 3.24. The van der Waals surface area contributed by atoms with Crippen LogP contribution in [0.5, 0.6) is 0 Å². The Morgan fingerprint density at radius 1 is 1.21 bits per heavy atom. The summed E-state index contributed by atoms with van der Waals surface area (Å²) in [7, 11) is 2.32.